The minimum absolute atomic E-state index is 0.0498. The summed E-state index contributed by atoms with van der Waals surface area (Å²) in [5.74, 6) is -0.205. The molecule has 0 aliphatic heterocycles. The first kappa shape index (κ1) is 13.9. The van der Waals surface area contributed by atoms with E-state index in [0.717, 1.165) is 23.7 Å². The summed E-state index contributed by atoms with van der Waals surface area (Å²) in [6, 6.07) is 4.12. The van der Waals surface area contributed by atoms with Crippen LogP contribution in [-0.4, -0.2) is 23.2 Å². The molecule has 1 aliphatic rings. The molecule has 1 aromatic heterocycles. The number of ether oxygens (including phenoxy) is 1. The van der Waals surface area contributed by atoms with E-state index in [9.17, 15) is 9.90 Å². The number of fused-ring (bicyclic) bond motifs is 2. The van der Waals surface area contributed by atoms with Gasteiger partial charge in [0.25, 0.3) is 0 Å². The van der Waals surface area contributed by atoms with E-state index in [1.165, 1.54) is 31.1 Å². The van der Waals surface area contributed by atoms with Gasteiger partial charge in [-0.1, -0.05) is 0 Å². The lowest BCUT2D eigenvalue weighted by atomic mass is 9.89. The van der Waals surface area contributed by atoms with Gasteiger partial charge in [-0.05, 0) is 55.9 Å². The second-order valence-electron chi connectivity index (χ2n) is 5.62. The third-order valence-electron chi connectivity index (χ3n) is 4.27. The molecule has 1 heterocycles. The molecule has 0 spiro atoms. The van der Waals surface area contributed by atoms with Gasteiger partial charge in [0.15, 0.2) is 0 Å². The molecule has 0 saturated carbocycles. The van der Waals surface area contributed by atoms with Crippen LogP contribution in [0.5, 0.6) is 5.75 Å². The van der Waals surface area contributed by atoms with Gasteiger partial charge in [-0.25, -0.2) is 0 Å². The molecule has 1 N–H and O–H groups in total. The monoisotopic (exact) mass is 285 g/mol. The van der Waals surface area contributed by atoms with E-state index in [0.29, 0.717) is 11.3 Å². The summed E-state index contributed by atoms with van der Waals surface area (Å²) in [4.78, 5) is 16.1. The number of hydrogen-bond acceptors (Lipinski definition) is 4. The number of aryl methyl sites for hydroxylation is 3. The predicted octanol–water partition coefficient (Wildman–Crippen LogP) is 2.84. The zero-order chi connectivity index (χ0) is 15.0. The van der Waals surface area contributed by atoms with E-state index in [4.69, 9.17) is 0 Å². The van der Waals surface area contributed by atoms with Crippen molar-refractivity contribution in [3.8, 4) is 5.75 Å². The Kier molecular flexibility index (Phi) is 3.53. The molecular formula is C17H19NO3. The second-order valence-corrected chi connectivity index (χ2v) is 5.62. The van der Waals surface area contributed by atoms with Gasteiger partial charge in [0.1, 0.15) is 5.75 Å². The fourth-order valence-corrected chi connectivity index (χ4v) is 3.07. The lowest BCUT2D eigenvalue weighted by Gasteiger charge is -2.18. The van der Waals surface area contributed by atoms with Crippen molar-refractivity contribution >= 4 is 16.9 Å². The molecule has 110 valence electrons. The van der Waals surface area contributed by atoms with E-state index < -0.39 is 0 Å². The number of benzene rings is 1. The number of aromatic nitrogens is 1. The maximum atomic E-state index is 11.5. The van der Waals surface area contributed by atoms with Crippen LogP contribution in [0, 0.1) is 6.92 Å². The van der Waals surface area contributed by atoms with Crippen LogP contribution in [0.25, 0.3) is 10.9 Å². The first-order valence-electron chi connectivity index (χ1n) is 7.31. The number of esters is 1. The van der Waals surface area contributed by atoms with Crippen molar-refractivity contribution in [3.63, 3.8) is 0 Å². The van der Waals surface area contributed by atoms with Crippen molar-refractivity contribution in [2.45, 2.75) is 39.0 Å². The van der Waals surface area contributed by atoms with Crippen molar-refractivity contribution in [2.24, 2.45) is 0 Å². The Morgan fingerprint density at radius 1 is 1.29 bits per heavy atom. The van der Waals surface area contributed by atoms with Crippen LogP contribution >= 0.6 is 0 Å². The fraction of sp³-hybridized carbons (Fsp3) is 0.412. The summed E-state index contributed by atoms with van der Waals surface area (Å²) < 4.78 is 4.69. The third-order valence-corrected chi connectivity index (χ3v) is 4.27. The van der Waals surface area contributed by atoms with Gasteiger partial charge in [-0.2, -0.15) is 0 Å². The number of carbonyl (C=O) groups is 1. The fourth-order valence-electron chi connectivity index (χ4n) is 3.07. The minimum Gasteiger partial charge on any atom is -0.507 e. The molecule has 0 unspecified atom stereocenters. The summed E-state index contributed by atoms with van der Waals surface area (Å²) in [7, 11) is 1.35. The Labute approximate surface area is 123 Å². The third kappa shape index (κ3) is 2.46. The maximum absolute atomic E-state index is 11.5. The molecule has 1 aliphatic carbocycles. The zero-order valence-corrected chi connectivity index (χ0v) is 12.4. The normalized spacial score (nSPS) is 14.0. The van der Waals surface area contributed by atoms with Gasteiger partial charge in [-0.3, -0.25) is 9.78 Å². The van der Waals surface area contributed by atoms with Crippen LogP contribution in [0.4, 0.5) is 0 Å². The number of methoxy groups -OCH3 is 1. The van der Waals surface area contributed by atoms with Crippen molar-refractivity contribution in [2.75, 3.05) is 7.11 Å². The molecule has 0 amide bonds. The van der Waals surface area contributed by atoms with E-state index in [-0.39, 0.29) is 18.1 Å². The summed E-state index contributed by atoms with van der Waals surface area (Å²) in [5, 5.41) is 11.3. The number of hydrogen-bond donors (Lipinski definition) is 1. The van der Waals surface area contributed by atoms with Crippen LogP contribution in [0.3, 0.4) is 0 Å². The number of pyridine rings is 1. The van der Waals surface area contributed by atoms with Gasteiger partial charge in [0.2, 0.25) is 0 Å². The molecule has 3 rings (SSSR count). The molecule has 1 aromatic carbocycles. The molecule has 0 atom stereocenters. The highest BCUT2D eigenvalue weighted by atomic mass is 16.5. The highest BCUT2D eigenvalue weighted by Crippen LogP contribution is 2.34. The highest BCUT2D eigenvalue weighted by Gasteiger charge is 2.18. The van der Waals surface area contributed by atoms with Crippen molar-refractivity contribution in [1.29, 1.82) is 0 Å². The first-order chi connectivity index (χ1) is 10.1. The number of nitrogens with zero attached hydrogens (tertiary/aromatic N) is 1. The molecule has 4 heteroatoms. The Bertz CT molecular complexity index is 722. The average molecular weight is 285 g/mol. The van der Waals surface area contributed by atoms with E-state index in [1.807, 2.05) is 13.0 Å². The molecular weight excluding hydrogens is 266 g/mol. The number of carbonyl (C=O) groups excluding carboxylic acids is 1. The van der Waals surface area contributed by atoms with E-state index in [2.05, 4.69) is 15.8 Å². The Morgan fingerprint density at radius 3 is 2.62 bits per heavy atom. The summed E-state index contributed by atoms with van der Waals surface area (Å²) in [6.07, 6.45) is 4.58. The lowest BCUT2D eigenvalue weighted by Crippen LogP contribution is -2.08. The molecule has 4 nitrogen and oxygen atoms in total. The summed E-state index contributed by atoms with van der Waals surface area (Å²) in [5.41, 5.74) is 4.67. The topological polar surface area (TPSA) is 59.4 Å². The molecule has 21 heavy (non-hydrogen) atoms. The SMILES string of the molecule is COC(=O)Cc1c(C)nc2cc3c(cc2c1O)CCCC3. The Hall–Kier alpha value is -2.10. The van der Waals surface area contributed by atoms with Crippen LogP contribution in [-0.2, 0) is 28.8 Å². The van der Waals surface area contributed by atoms with Crippen molar-refractivity contribution < 1.29 is 14.6 Å². The Morgan fingerprint density at radius 2 is 1.95 bits per heavy atom. The smallest absolute Gasteiger partial charge is 0.310 e. The highest BCUT2D eigenvalue weighted by molar-refractivity contribution is 5.89. The molecule has 0 saturated heterocycles. The minimum atomic E-state index is -0.368. The summed E-state index contributed by atoms with van der Waals surface area (Å²) >= 11 is 0. The van der Waals surface area contributed by atoms with E-state index >= 15 is 0 Å². The van der Waals surface area contributed by atoms with Crippen LogP contribution in [0.15, 0.2) is 12.1 Å². The number of rotatable bonds is 2. The molecule has 0 radical (unpaired) electrons. The van der Waals surface area contributed by atoms with Crippen LogP contribution in [0.1, 0.15) is 35.2 Å². The van der Waals surface area contributed by atoms with Crippen molar-refractivity contribution in [3.05, 3.63) is 34.5 Å². The molecule has 2 aromatic rings. The predicted molar refractivity (Wildman–Crippen MR) is 80.5 cm³/mol. The maximum Gasteiger partial charge on any atom is 0.310 e. The van der Waals surface area contributed by atoms with Crippen LogP contribution in [0.2, 0.25) is 0 Å². The standard InChI is InChI=1S/C17H19NO3/c1-10-13(9-16(19)21-2)17(20)14-7-11-5-3-4-6-12(11)8-15(14)18-10/h7-8H,3-6,9H2,1-2H3,(H,18,20). The largest absolute Gasteiger partial charge is 0.507 e. The zero-order valence-electron chi connectivity index (χ0n) is 12.4. The Balaban J connectivity index is 2.16. The first-order valence-corrected chi connectivity index (χ1v) is 7.31. The van der Waals surface area contributed by atoms with Crippen molar-refractivity contribution in [1.82, 2.24) is 4.98 Å². The van der Waals surface area contributed by atoms with Gasteiger partial charge in [0, 0.05) is 16.6 Å². The quantitative estimate of drug-likeness (QED) is 0.862. The van der Waals surface area contributed by atoms with Gasteiger partial charge < -0.3 is 9.84 Å². The van der Waals surface area contributed by atoms with E-state index in [1.54, 1.807) is 0 Å². The number of aromatic hydroxyl groups is 1. The van der Waals surface area contributed by atoms with Gasteiger partial charge in [-0.15, -0.1) is 0 Å². The average Bonchev–Trinajstić information content (AvgIpc) is 2.49. The summed E-state index contributed by atoms with van der Waals surface area (Å²) in [6.45, 7) is 1.82. The second kappa shape index (κ2) is 5.35. The molecule has 0 fully saturated rings. The van der Waals surface area contributed by atoms with Gasteiger partial charge in [0.05, 0.1) is 19.0 Å². The lowest BCUT2D eigenvalue weighted by molar-refractivity contribution is -0.139. The van der Waals surface area contributed by atoms with Crippen LogP contribution < -0.4 is 0 Å². The van der Waals surface area contributed by atoms with Gasteiger partial charge >= 0.3 is 5.97 Å². The molecule has 0 bridgehead atoms.